The van der Waals surface area contributed by atoms with Gasteiger partial charge < -0.3 is 5.11 Å². The van der Waals surface area contributed by atoms with Crippen molar-refractivity contribution >= 4 is 5.97 Å². The maximum atomic E-state index is 10.6. The number of hydrogen-bond donors (Lipinski definition) is 2. The number of H-pyrrole nitrogens is 1. The molecule has 11 heavy (non-hydrogen) atoms. The van der Waals surface area contributed by atoms with E-state index in [9.17, 15) is 4.79 Å². The summed E-state index contributed by atoms with van der Waals surface area (Å²) in [6.45, 7) is 0. The van der Waals surface area contributed by atoms with E-state index >= 15 is 0 Å². The summed E-state index contributed by atoms with van der Waals surface area (Å²) in [5.74, 6) is -1.11. The molecule has 0 spiro atoms. The molecule has 1 aliphatic rings. The lowest BCUT2D eigenvalue weighted by Crippen LogP contribution is -2.08. The largest absolute Gasteiger partial charge is 0.481 e. The Bertz CT molecular complexity index is 292. The summed E-state index contributed by atoms with van der Waals surface area (Å²) in [5.41, 5.74) is 1.84. The molecular weight excluding hydrogens is 144 g/mol. The van der Waals surface area contributed by atoms with Crippen molar-refractivity contribution in [1.29, 1.82) is 0 Å². The van der Waals surface area contributed by atoms with Crippen LogP contribution in [0.1, 0.15) is 23.6 Å². The van der Waals surface area contributed by atoms with Gasteiger partial charge in [0.2, 0.25) is 0 Å². The van der Waals surface area contributed by atoms with Gasteiger partial charge in [-0.2, -0.15) is 5.10 Å². The summed E-state index contributed by atoms with van der Waals surface area (Å²) >= 11 is 0. The Balaban J connectivity index is 2.38. The Hall–Kier alpha value is -1.32. The van der Waals surface area contributed by atoms with E-state index in [0.29, 0.717) is 6.42 Å². The SMILES string of the molecule is O=C(O)[C@@H]1CCc2cn[nH]c21. The Morgan fingerprint density at radius 2 is 2.64 bits per heavy atom. The number of hydrogen-bond acceptors (Lipinski definition) is 2. The first-order valence-corrected chi connectivity index (χ1v) is 3.54. The molecule has 0 aromatic carbocycles. The molecule has 0 radical (unpaired) electrons. The predicted octanol–water partition coefficient (Wildman–Crippen LogP) is 0.524. The smallest absolute Gasteiger partial charge is 0.312 e. The van der Waals surface area contributed by atoms with Crippen LogP contribution in [-0.4, -0.2) is 21.3 Å². The molecule has 0 saturated carbocycles. The van der Waals surface area contributed by atoms with Crippen molar-refractivity contribution in [3.05, 3.63) is 17.5 Å². The van der Waals surface area contributed by atoms with Crippen LogP contribution in [0, 0.1) is 0 Å². The molecule has 0 saturated heterocycles. The first kappa shape index (κ1) is 6.39. The zero-order valence-electron chi connectivity index (χ0n) is 5.87. The normalized spacial score (nSPS) is 21.6. The van der Waals surface area contributed by atoms with Gasteiger partial charge in [0.15, 0.2) is 0 Å². The summed E-state index contributed by atoms with van der Waals surface area (Å²) in [6.07, 6.45) is 3.25. The Labute approximate surface area is 63.2 Å². The highest BCUT2D eigenvalue weighted by molar-refractivity contribution is 5.76. The van der Waals surface area contributed by atoms with Crippen molar-refractivity contribution < 1.29 is 9.90 Å². The monoisotopic (exact) mass is 152 g/mol. The van der Waals surface area contributed by atoms with E-state index in [1.54, 1.807) is 6.20 Å². The highest BCUT2D eigenvalue weighted by Gasteiger charge is 2.29. The lowest BCUT2D eigenvalue weighted by Gasteiger charge is -2.00. The third kappa shape index (κ3) is 0.824. The minimum atomic E-state index is -0.756. The van der Waals surface area contributed by atoms with Crippen LogP contribution in [0.4, 0.5) is 0 Å². The van der Waals surface area contributed by atoms with E-state index in [1.807, 2.05) is 0 Å². The van der Waals surface area contributed by atoms with Gasteiger partial charge in [-0.1, -0.05) is 0 Å². The molecule has 4 heteroatoms. The van der Waals surface area contributed by atoms with E-state index in [4.69, 9.17) is 5.11 Å². The summed E-state index contributed by atoms with van der Waals surface area (Å²) in [6, 6.07) is 0. The van der Waals surface area contributed by atoms with Crippen LogP contribution in [0.3, 0.4) is 0 Å². The first-order valence-electron chi connectivity index (χ1n) is 3.54. The van der Waals surface area contributed by atoms with Crippen LogP contribution in [0.25, 0.3) is 0 Å². The number of carbonyl (C=O) groups is 1. The number of carboxylic acid groups (broad SMARTS) is 1. The fraction of sp³-hybridized carbons (Fsp3) is 0.429. The number of aliphatic carboxylic acids is 1. The second kappa shape index (κ2) is 2.08. The standard InChI is InChI=1S/C7H8N2O2/c10-7(11)5-2-1-4-3-8-9-6(4)5/h3,5H,1-2H2,(H,8,9)(H,10,11)/t5-/m1/s1. The number of aryl methyl sites for hydroxylation is 1. The zero-order valence-corrected chi connectivity index (χ0v) is 5.87. The second-order valence-electron chi connectivity index (χ2n) is 2.74. The number of aromatic nitrogens is 2. The van der Waals surface area contributed by atoms with E-state index in [-0.39, 0.29) is 5.92 Å². The van der Waals surface area contributed by atoms with Crippen molar-refractivity contribution in [2.75, 3.05) is 0 Å². The topological polar surface area (TPSA) is 66.0 Å². The minimum absolute atomic E-state index is 0.354. The zero-order chi connectivity index (χ0) is 7.84. The summed E-state index contributed by atoms with van der Waals surface area (Å²) < 4.78 is 0. The van der Waals surface area contributed by atoms with Crippen LogP contribution in [0.15, 0.2) is 6.20 Å². The Morgan fingerprint density at radius 1 is 1.82 bits per heavy atom. The lowest BCUT2D eigenvalue weighted by atomic mass is 10.1. The van der Waals surface area contributed by atoms with E-state index < -0.39 is 5.97 Å². The minimum Gasteiger partial charge on any atom is -0.481 e. The molecule has 0 fully saturated rings. The number of rotatable bonds is 1. The van der Waals surface area contributed by atoms with Crippen LogP contribution in [0.2, 0.25) is 0 Å². The van der Waals surface area contributed by atoms with Crippen LogP contribution < -0.4 is 0 Å². The molecule has 4 nitrogen and oxygen atoms in total. The third-order valence-corrected chi connectivity index (χ3v) is 2.10. The van der Waals surface area contributed by atoms with Gasteiger partial charge in [-0.25, -0.2) is 0 Å². The highest BCUT2D eigenvalue weighted by Crippen LogP contribution is 2.30. The Morgan fingerprint density at radius 3 is 3.36 bits per heavy atom. The van der Waals surface area contributed by atoms with Crippen molar-refractivity contribution in [3.8, 4) is 0 Å². The summed E-state index contributed by atoms with van der Waals surface area (Å²) in [7, 11) is 0. The molecule has 1 aliphatic carbocycles. The molecule has 2 rings (SSSR count). The number of aromatic amines is 1. The number of fused-ring (bicyclic) bond motifs is 1. The van der Waals surface area contributed by atoms with Crippen molar-refractivity contribution in [3.63, 3.8) is 0 Å². The molecule has 1 aromatic rings. The van der Waals surface area contributed by atoms with Crippen LogP contribution in [-0.2, 0) is 11.2 Å². The molecule has 1 atom stereocenters. The van der Waals surface area contributed by atoms with Gasteiger partial charge >= 0.3 is 5.97 Å². The van der Waals surface area contributed by atoms with Crippen molar-refractivity contribution in [1.82, 2.24) is 10.2 Å². The average molecular weight is 152 g/mol. The van der Waals surface area contributed by atoms with Crippen molar-refractivity contribution in [2.24, 2.45) is 0 Å². The third-order valence-electron chi connectivity index (χ3n) is 2.10. The van der Waals surface area contributed by atoms with E-state index in [2.05, 4.69) is 10.2 Å². The molecule has 1 aromatic heterocycles. The Kier molecular flexibility index (Phi) is 1.21. The summed E-state index contributed by atoms with van der Waals surface area (Å²) in [4.78, 5) is 10.6. The van der Waals surface area contributed by atoms with Gasteiger partial charge in [-0.3, -0.25) is 9.89 Å². The van der Waals surface area contributed by atoms with Gasteiger partial charge in [0.25, 0.3) is 0 Å². The highest BCUT2D eigenvalue weighted by atomic mass is 16.4. The van der Waals surface area contributed by atoms with Crippen LogP contribution >= 0.6 is 0 Å². The quantitative estimate of drug-likeness (QED) is 0.616. The summed E-state index contributed by atoms with van der Waals surface area (Å²) in [5, 5.41) is 15.2. The molecule has 0 aliphatic heterocycles. The molecule has 0 amide bonds. The fourth-order valence-electron chi connectivity index (χ4n) is 1.51. The van der Waals surface area contributed by atoms with Gasteiger partial charge in [0, 0.05) is 0 Å². The molecule has 1 heterocycles. The average Bonchev–Trinajstić information content (AvgIpc) is 2.41. The molecule has 0 unspecified atom stereocenters. The van der Waals surface area contributed by atoms with E-state index in [0.717, 1.165) is 17.7 Å². The lowest BCUT2D eigenvalue weighted by molar-refractivity contribution is -0.138. The fourth-order valence-corrected chi connectivity index (χ4v) is 1.51. The van der Waals surface area contributed by atoms with Crippen LogP contribution in [0.5, 0.6) is 0 Å². The van der Waals surface area contributed by atoms with Crippen molar-refractivity contribution in [2.45, 2.75) is 18.8 Å². The number of nitrogens with zero attached hydrogens (tertiary/aromatic N) is 1. The van der Waals surface area contributed by atoms with Gasteiger partial charge in [-0.15, -0.1) is 0 Å². The van der Waals surface area contributed by atoms with Gasteiger partial charge in [0.1, 0.15) is 0 Å². The number of nitrogens with one attached hydrogen (secondary N) is 1. The molecule has 2 N–H and O–H groups in total. The number of carboxylic acids is 1. The van der Waals surface area contributed by atoms with Gasteiger partial charge in [-0.05, 0) is 18.4 Å². The maximum Gasteiger partial charge on any atom is 0.312 e. The second-order valence-corrected chi connectivity index (χ2v) is 2.74. The molecular formula is C7H8N2O2. The molecule has 0 bridgehead atoms. The van der Waals surface area contributed by atoms with Gasteiger partial charge in [0.05, 0.1) is 17.8 Å². The van der Waals surface area contributed by atoms with E-state index in [1.165, 1.54) is 0 Å². The maximum absolute atomic E-state index is 10.6. The first-order chi connectivity index (χ1) is 5.29. The predicted molar refractivity (Wildman–Crippen MR) is 37.3 cm³/mol. The molecule has 58 valence electrons.